The highest BCUT2D eigenvalue weighted by molar-refractivity contribution is 14.1. The average molecular weight is 293 g/mol. The summed E-state index contributed by atoms with van der Waals surface area (Å²) >= 11 is 2.50. The fourth-order valence-electron chi connectivity index (χ4n) is 1.86. The molecule has 0 aromatic heterocycles. The van der Waals surface area contributed by atoms with E-state index in [1.807, 2.05) is 0 Å². The largest absolute Gasteiger partial charge is 0.353 e. The van der Waals surface area contributed by atoms with Crippen molar-refractivity contribution >= 4 is 28.5 Å². The van der Waals surface area contributed by atoms with Crippen molar-refractivity contribution in [2.24, 2.45) is 5.92 Å². The zero-order valence-electron chi connectivity index (χ0n) is 7.76. The summed E-state index contributed by atoms with van der Waals surface area (Å²) in [6.45, 7) is 0. The number of amides is 1. The molecule has 0 saturated heterocycles. The summed E-state index contributed by atoms with van der Waals surface area (Å²) in [4.78, 5) is 11.6. The number of hydrogen-bond donors (Lipinski definition) is 1. The van der Waals surface area contributed by atoms with Gasteiger partial charge in [0.15, 0.2) is 0 Å². The minimum Gasteiger partial charge on any atom is -0.353 e. The zero-order chi connectivity index (χ0) is 9.26. The van der Waals surface area contributed by atoms with Gasteiger partial charge in [0.25, 0.3) is 0 Å². The summed E-state index contributed by atoms with van der Waals surface area (Å²) in [5.74, 6) is 0.650. The molecule has 1 amide bonds. The van der Waals surface area contributed by atoms with Crippen LogP contribution in [0.3, 0.4) is 0 Å². The van der Waals surface area contributed by atoms with Gasteiger partial charge in [-0.15, -0.1) is 0 Å². The lowest BCUT2D eigenvalue weighted by Gasteiger charge is -2.24. The zero-order valence-corrected chi connectivity index (χ0v) is 9.92. The van der Waals surface area contributed by atoms with Gasteiger partial charge in [0.05, 0.1) is 0 Å². The Balaban J connectivity index is 1.75. The molecule has 2 fully saturated rings. The fraction of sp³-hybridized carbons (Fsp3) is 0.900. The van der Waals surface area contributed by atoms with Crippen LogP contribution in [-0.2, 0) is 4.79 Å². The number of carbonyl (C=O) groups excluding carboxylic acids is 1. The van der Waals surface area contributed by atoms with Gasteiger partial charge in [0.2, 0.25) is 5.91 Å². The van der Waals surface area contributed by atoms with Gasteiger partial charge in [0.1, 0.15) is 0 Å². The Morgan fingerprint density at radius 2 is 1.69 bits per heavy atom. The molecule has 0 atom stereocenters. The molecule has 2 saturated carbocycles. The van der Waals surface area contributed by atoms with Crippen LogP contribution in [0.5, 0.6) is 0 Å². The van der Waals surface area contributed by atoms with Crippen LogP contribution in [-0.4, -0.2) is 15.9 Å². The van der Waals surface area contributed by atoms with Crippen molar-refractivity contribution in [3.8, 4) is 0 Å². The average Bonchev–Trinajstić information content (AvgIpc) is 2.89. The van der Waals surface area contributed by atoms with Crippen molar-refractivity contribution < 1.29 is 4.79 Å². The maximum Gasteiger partial charge on any atom is 0.223 e. The van der Waals surface area contributed by atoms with Crippen molar-refractivity contribution in [3.05, 3.63) is 0 Å². The van der Waals surface area contributed by atoms with E-state index in [-0.39, 0.29) is 0 Å². The standard InChI is InChI=1S/C10H16INO/c11-8-3-1-7(2-4-8)10(13)12-9-5-6-9/h7-9H,1-6H2,(H,12,13). The third-order valence-corrected chi connectivity index (χ3v) is 4.20. The Bertz CT molecular complexity index is 195. The van der Waals surface area contributed by atoms with Gasteiger partial charge in [0, 0.05) is 15.9 Å². The molecule has 2 aliphatic carbocycles. The lowest BCUT2D eigenvalue weighted by molar-refractivity contribution is -0.126. The predicted molar refractivity (Wildman–Crippen MR) is 60.9 cm³/mol. The van der Waals surface area contributed by atoms with E-state index in [0.29, 0.717) is 17.9 Å². The molecule has 0 bridgehead atoms. The Morgan fingerprint density at radius 1 is 1.08 bits per heavy atom. The van der Waals surface area contributed by atoms with Crippen molar-refractivity contribution in [1.82, 2.24) is 5.32 Å². The molecule has 0 aromatic rings. The van der Waals surface area contributed by atoms with Crippen LogP contribution in [0.2, 0.25) is 0 Å². The molecule has 0 aliphatic heterocycles. The molecular weight excluding hydrogens is 277 g/mol. The highest BCUT2D eigenvalue weighted by Gasteiger charge is 2.29. The monoisotopic (exact) mass is 293 g/mol. The Morgan fingerprint density at radius 3 is 2.23 bits per heavy atom. The smallest absolute Gasteiger partial charge is 0.223 e. The van der Waals surface area contributed by atoms with E-state index in [9.17, 15) is 4.79 Å². The van der Waals surface area contributed by atoms with Gasteiger partial charge >= 0.3 is 0 Å². The van der Waals surface area contributed by atoms with Gasteiger partial charge in [-0.2, -0.15) is 0 Å². The van der Waals surface area contributed by atoms with Crippen molar-refractivity contribution in [2.45, 2.75) is 48.5 Å². The number of alkyl halides is 1. The Labute approximate surface area is 93.0 Å². The second-order valence-corrected chi connectivity index (χ2v) is 5.99. The van der Waals surface area contributed by atoms with Gasteiger partial charge in [-0.25, -0.2) is 0 Å². The first-order valence-electron chi connectivity index (χ1n) is 5.20. The van der Waals surface area contributed by atoms with Crippen molar-refractivity contribution in [3.63, 3.8) is 0 Å². The lowest BCUT2D eigenvalue weighted by Crippen LogP contribution is -2.34. The maximum atomic E-state index is 11.6. The van der Waals surface area contributed by atoms with Crippen molar-refractivity contribution in [2.75, 3.05) is 0 Å². The van der Waals surface area contributed by atoms with E-state index in [0.717, 1.165) is 16.8 Å². The van der Waals surface area contributed by atoms with E-state index in [4.69, 9.17) is 0 Å². The van der Waals surface area contributed by atoms with Gasteiger partial charge in [-0.3, -0.25) is 4.79 Å². The van der Waals surface area contributed by atoms with E-state index in [2.05, 4.69) is 27.9 Å². The maximum absolute atomic E-state index is 11.6. The topological polar surface area (TPSA) is 29.1 Å². The van der Waals surface area contributed by atoms with Crippen LogP contribution in [0.15, 0.2) is 0 Å². The minimum absolute atomic E-state index is 0.325. The first kappa shape index (κ1) is 9.74. The Hall–Kier alpha value is 0.200. The number of carbonyl (C=O) groups is 1. The number of hydrogen-bond acceptors (Lipinski definition) is 1. The van der Waals surface area contributed by atoms with Gasteiger partial charge in [-0.05, 0) is 38.5 Å². The van der Waals surface area contributed by atoms with Crippen LogP contribution >= 0.6 is 22.6 Å². The molecule has 0 heterocycles. The summed E-state index contributed by atoms with van der Waals surface area (Å²) < 4.78 is 0.808. The SMILES string of the molecule is O=C(NC1CC1)C1CCC(I)CC1. The first-order chi connectivity index (χ1) is 6.25. The molecule has 0 unspecified atom stereocenters. The fourth-order valence-corrected chi connectivity index (χ4v) is 2.58. The van der Waals surface area contributed by atoms with E-state index in [1.165, 1.54) is 25.7 Å². The molecule has 2 aliphatic rings. The lowest BCUT2D eigenvalue weighted by atomic mass is 9.88. The third kappa shape index (κ3) is 2.82. The summed E-state index contributed by atoms with van der Waals surface area (Å²) in [6.07, 6.45) is 7.06. The summed E-state index contributed by atoms with van der Waals surface area (Å²) in [6, 6.07) is 0.532. The predicted octanol–water partition coefficient (Wildman–Crippen LogP) is 2.26. The van der Waals surface area contributed by atoms with Crippen molar-refractivity contribution in [1.29, 1.82) is 0 Å². The molecule has 2 nitrogen and oxygen atoms in total. The quantitative estimate of drug-likeness (QED) is 0.614. The first-order valence-corrected chi connectivity index (χ1v) is 6.44. The summed E-state index contributed by atoms with van der Waals surface area (Å²) in [5.41, 5.74) is 0. The number of halogens is 1. The molecule has 3 heteroatoms. The molecule has 2 rings (SSSR count). The minimum atomic E-state index is 0.325. The van der Waals surface area contributed by atoms with E-state index >= 15 is 0 Å². The summed E-state index contributed by atoms with van der Waals surface area (Å²) in [5, 5.41) is 3.10. The highest BCUT2D eigenvalue weighted by atomic mass is 127. The molecule has 13 heavy (non-hydrogen) atoms. The third-order valence-electron chi connectivity index (χ3n) is 2.95. The normalized spacial score (nSPS) is 34.2. The van der Waals surface area contributed by atoms with Crippen LogP contribution in [0.25, 0.3) is 0 Å². The number of nitrogens with one attached hydrogen (secondary N) is 1. The van der Waals surface area contributed by atoms with Gasteiger partial charge in [-0.1, -0.05) is 22.6 Å². The Kier molecular flexibility index (Phi) is 3.11. The van der Waals surface area contributed by atoms with Crippen LogP contribution in [0.4, 0.5) is 0 Å². The van der Waals surface area contributed by atoms with Crippen LogP contribution < -0.4 is 5.32 Å². The second-order valence-electron chi connectivity index (χ2n) is 4.23. The van der Waals surface area contributed by atoms with E-state index < -0.39 is 0 Å². The molecule has 0 spiro atoms. The van der Waals surface area contributed by atoms with Crippen LogP contribution in [0, 0.1) is 5.92 Å². The summed E-state index contributed by atoms with van der Waals surface area (Å²) in [7, 11) is 0. The molecule has 0 aromatic carbocycles. The number of rotatable bonds is 2. The molecule has 74 valence electrons. The second kappa shape index (κ2) is 4.15. The molecular formula is C10H16INO. The molecule has 0 radical (unpaired) electrons. The van der Waals surface area contributed by atoms with Crippen LogP contribution in [0.1, 0.15) is 38.5 Å². The molecule has 1 N–H and O–H groups in total. The van der Waals surface area contributed by atoms with Gasteiger partial charge < -0.3 is 5.32 Å². The highest BCUT2D eigenvalue weighted by Crippen LogP contribution is 2.30. The van der Waals surface area contributed by atoms with E-state index in [1.54, 1.807) is 0 Å².